The number of aromatic nitrogens is 3. The average molecular weight is 474 g/mol. The molecule has 6 nitrogen and oxygen atoms in total. The fourth-order valence-corrected chi connectivity index (χ4v) is 3.73. The molecule has 0 bridgehead atoms. The summed E-state index contributed by atoms with van der Waals surface area (Å²) < 4.78 is 2.02. The molecule has 0 aromatic carbocycles. The highest BCUT2D eigenvalue weighted by atomic mass is 127. The zero-order chi connectivity index (χ0) is 16.9. The van der Waals surface area contributed by atoms with E-state index in [0.717, 1.165) is 50.1 Å². The van der Waals surface area contributed by atoms with Gasteiger partial charge in [0.15, 0.2) is 5.96 Å². The van der Waals surface area contributed by atoms with Crippen molar-refractivity contribution in [3.8, 4) is 0 Å². The molecule has 2 N–H and O–H groups in total. The molecular formula is C17H27IN6S. The molecule has 1 aliphatic heterocycles. The van der Waals surface area contributed by atoms with Crippen LogP contribution in [-0.2, 0) is 13.0 Å². The van der Waals surface area contributed by atoms with Crippen LogP contribution in [0.25, 0.3) is 0 Å². The number of rotatable bonds is 5. The summed E-state index contributed by atoms with van der Waals surface area (Å²) in [5, 5.41) is 13.5. The Morgan fingerprint density at radius 2 is 2.36 bits per heavy atom. The van der Waals surface area contributed by atoms with Gasteiger partial charge in [-0.15, -0.1) is 35.3 Å². The number of hydrogen-bond acceptors (Lipinski definition) is 4. The Hall–Kier alpha value is -1.16. The van der Waals surface area contributed by atoms with Crippen molar-refractivity contribution in [2.24, 2.45) is 4.99 Å². The van der Waals surface area contributed by atoms with E-state index in [0.29, 0.717) is 12.0 Å². The number of nitrogens with zero attached hydrogens (tertiary/aromatic N) is 4. The van der Waals surface area contributed by atoms with Crippen LogP contribution in [0.4, 0.5) is 0 Å². The van der Waals surface area contributed by atoms with Crippen LogP contribution in [0.1, 0.15) is 42.7 Å². The van der Waals surface area contributed by atoms with Gasteiger partial charge in [0.05, 0.1) is 13.1 Å². The van der Waals surface area contributed by atoms with Gasteiger partial charge < -0.3 is 10.6 Å². The highest BCUT2D eigenvalue weighted by Gasteiger charge is 2.21. The van der Waals surface area contributed by atoms with Crippen molar-refractivity contribution in [3.63, 3.8) is 0 Å². The van der Waals surface area contributed by atoms with Crippen LogP contribution in [0.2, 0.25) is 0 Å². The fourth-order valence-electron chi connectivity index (χ4n) is 2.95. The maximum absolute atomic E-state index is 4.78. The van der Waals surface area contributed by atoms with E-state index in [9.17, 15) is 0 Å². The lowest BCUT2D eigenvalue weighted by molar-refractivity contribution is 0.392. The third-order valence-corrected chi connectivity index (χ3v) is 5.31. The minimum absolute atomic E-state index is 0. The molecular weight excluding hydrogens is 447 g/mol. The normalized spacial score (nSPS) is 18.2. The van der Waals surface area contributed by atoms with Crippen LogP contribution in [0.15, 0.2) is 22.5 Å². The Labute approximate surface area is 170 Å². The number of aryl methyl sites for hydroxylation is 2. The number of halogens is 1. The number of fused-ring (bicyclic) bond motifs is 1. The van der Waals surface area contributed by atoms with Crippen molar-refractivity contribution in [2.75, 3.05) is 13.1 Å². The monoisotopic (exact) mass is 474 g/mol. The number of guanidine groups is 1. The van der Waals surface area contributed by atoms with E-state index in [1.165, 1.54) is 4.88 Å². The van der Waals surface area contributed by atoms with Crippen molar-refractivity contribution in [1.29, 1.82) is 0 Å². The summed E-state index contributed by atoms with van der Waals surface area (Å²) in [6.07, 6.45) is 2.02. The molecule has 2 unspecified atom stereocenters. The Kier molecular flexibility index (Phi) is 7.67. The molecule has 0 spiro atoms. The van der Waals surface area contributed by atoms with E-state index in [1.807, 2.05) is 11.6 Å². The molecule has 1 aliphatic rings. The minimum atomic E-state index is 0. The third-order valence-electron chi connectivity index (χ3n) is 4.20. The first-order valence-corrected chi connectivity index (χ1v) is 9.52. The largest absolute Gasteiger partial charge is 0.357 e. The molecule has 0 saturated heterocycles. The molecule has 2 aromatic heterocycles. The van der Waals surface area contributed by atoms with E-state index in [4.69, 9.17) is 4.99 Å². The predicted octanol–water partition coefficient (Wildman–Crippen LogP) is 2.94. The first kappa shape index (κ1) is 20.2. The van der Waals surface area contributed by atoms with Gasteiger partial charge in [-0.3, -0.25) is 4.99 Å². The maximum Gasteiger partial charge on any atom is 0.191 e. The molecule has 0 saturated carbocycles. The maximum atomic E-state index is 4.78. The summed E-state index contributed by atoms with van der Waals surface area (Å²) in [6, 6.07) is 4.62. The first-order chi connectivity index (χ1) is 11.7. The zero-order valence-electron chi connectivity index (χ0n) is 15.0. The summed E-state index contributed by atoms with van der Waals surface area (Å²) in [5.74, 6) is 3.29. The number of thiophene rings is 1. The highest BCUT2D eigenvalue weighted by molar-refractivity contribution is 14.0. The van der Waals surface area contributed by atoms with E-state index in [1.54, 1.807) is 11.3 Å². The molecule has 25 heavy (non-hydrogen) atoms. The number of nitrogens with one attached hydrogen (secondary N) is 2. The van der Waals surface area contributed by atoms with Gasteiger partial charge in [-0.25, -0.2) is 9.67 Å². The van der Waals surface area contributed by atoms with E-state index in [2.05, 4.69) is 52.1 Å². The molecule has 3 rings (SSSR count). The quantitative estimate of drug-likeness (QED) is 0.398. The third kappa shape index (κ3) is 5.40. The second-order valence-corrected chi connectivity index (χ2v) is 7.25. The van der Waals surface area contributed by atoms with Gasteiger partial charge in [0.25, 0.3) is 0 Å². The molecule has 3 heterocycles. The van der Waals surface area contributed by atoms with Crippen LogP contribution < -0.4 is 10.6 Å². The van der Waals surface area contributed by atoms with Gasteiger partial charge in [-0.2, -0.15) is 5.10 Å². The van der Waals surface area contributed by atoms with Crippen LogP contribution in [0, 0.1) is 6.92 Å². The Morgan fingerprint density at radius 1 is 1.52 bits per heavy atom. The summed E-state index contributed by atoms with van der Waals surface area (Å²) in [6.45, 7) is 8.77. The van der Waals surface area contributed by atoms with Gasteiger partial charge in [-0.05, 0) is 31.7 Å². The Balaban J connectivity index is 0.00000225. The molecule has 138 valence electrons. The van der Waals surface area contributed by atoms with Gasteiger partial charge in [0.2, 0.25) is 0 Å². The van der Waals surface area contributed by atoms with Crippen LogP contribution in [0.5, 0.6) is 0 Å². The summed E-state index contributed by atoms with van der Waals surface area (Å²) >= 11 is 1.80. The molecule has 2 aromatic rings. The average Bonchev–Trinajstić information content (AvgIpc) is 3.20. The van der Waals surface area contributed by atoms with Gasteiger partial charge in [0, 0.05) is 29.8 Å². The topological polar surface area (TPSA) is 67.1 Å². The lowest BCUT2D eigenvalue weighted by Gasteiger charge is -2.25. The minimum Gasteiger partial charge on any atom is -0.357 e. The van der Waals surface area contributed by atoms with Crippen molar-refractivity contribution in [1.82, 2.24) is 25.4 Å². The fraction of sp³-hybridized carbons (Fsp3) is 0.588. The highest BCUT2D eigenvalue weighted by Crippen LogP contribution is 2.20. The van der Waals surface area contributed by atoms with Crippen LogP contribution >= 0.6 is 35.3 Å². The molecule has 8 heteroatoms. The van der Waals surface area contributed by atoms with E-state index in [-0.39, 0.29) is 24.0 Å². The van der Waals surface area contributed by atoms with Gasteiger partial charge in [0.1, 0.15) is 11.6 Å². The summed E-state index contributed by atoms with van der Waals surface area (Å²) in [4.78, 5) is 10.6. The first-order valence-electron chi connectivity index (χ1n) is 8.64. The van der Waals surface area contributed by atoms with Gasteiger partial charge in [-0.1, -0.05) is 13.0 Å². The molecule has 0 amide bonds. The standard InChI is InChI=1S/C17H26N6S.HI/c1-4-18-17(19-10-12(2)15-6-5-9-24-15)21-14-7-8-16-20-13(3)22-23(16)11-14;/h5-6,9,12,14H,4,7-8,10-11H2,1-3H3,(H2,18,19,21);1H. The second kappa shape index (κ2) is 9.51. The van der Waals surface area contributed by atoms with E-state index < -0.39 is 0 Å². The van der Waals surface area contributed by atoms with Crippen molar-refractivity contribution < 1.29 is 0 Å². The number of hydrogen-bond donors (Lipinski definition) is 2. The van der Waals surface area contributed by atoms with Crippen molar-refractivity contribution in [2.45, 2.75) is 52.1 Å². The van der Waals surface area contributed by atoms with Crippen molar-refractivity contribution in [3.05, 3.63) is 34.0 Å². The molecule has 0 fully saturated rings. The lowest BCUT2D eigenvalue weighted by Crippen LogP contribution is -2.47. The summed E-state index contributed by atoms with van der Waals surface area (Å²) in [7, 11) is 0. The predicted molar refractivity (Wildman–Crippen MR) is 114 cm³/mol. The second-order valence-electron chi connectivity index (χ2n) is 6.27. The van der Waals surface area contributed by atoms with E-state index >= 15 is 0 Å². The lowest BCUT2D eigenvalue weighted by atomic mass is 10.1. The van der Waals surface area contributed by atoms with Crippen molar-refractivity contribution >= 4 is 41.3 Å². The zero-order valence-corrected chi connectivity index (χ0v) is 18.2. The number of aliphatic imine (C=N–C) groups is 1. The molecule has 2 atom stereocenters. The smallest absolute Gasteiger partial charge is 0.191 e. The molecule has 0 aliphatic carbocycles. The Morgan fingerprint density at radius 3 is 3.08 bits per heavy atom. The Bertz CT molecular complexity index is 681. The molecule has 0 radical (unpaired) electrons. The van der Waals surface area contributed by atoms with Crippen LogP contribution in [0.3, 0.4) is 0 Å². The van der Waals surface area contributed by atoms with Crippen LogP contribution in [-0.4, -0.2) is 39.9 Å². The van der Waals surface area contributed by atoms with Gasteiger partial charge >= 0.3 is 0 Å². The SMILES string of the molecule is CCNC(=NCC(C)c1cccs1)NC1CCc2nc(C)nn2C1.I. The summed E-state index contributed by atoms with van der Waals surface area (Å²) in [5.41, 5.74) is 0.